The highest BCUT2D eigenvalue weighted by Gasteiger charge is 2.07. The fourth-order valence-corrected chi connectivity index (χ4v) is 1.22. The van der Waals surface area contributed by atoms with Crippen molar-refractivity contribution in [3.05, 3.63) is 30.3 Å². The van der Waals surface area contributed by atoms with Gasteiger partial charge in [-0.2, -0.15) is 0 Å². The highest BCUT2D eigenvalue weighted by molar-refractivity contribution is 5.80. The van der Waals surface area contributed by atoms with Crippen molar-refractivity contribution >= 4 is 11.6 Å². The summed E-state index contributed by atoms with van der Waals surface area (Å²) < 4.78 is 4.91. The Morgan fingerprint density at radius 3 is 2.69 bits per heavy atom. The summed E-state index contributed by atoms with van der Waals surface area (Å²) >= 11 is 0. The minimum Gasteiger partial charge on any atom is -0.383 e. The molecule has 1 aromatic rings. The van der Waals surface area contributed by atoms with Crippen molar-refractivity contribution in [1.82, 2.24) is 4.90 Å². The molecule has 1 N–H and O–H groups in total. The molecule has 0 aliphatic heterocycles. The molecule has 0 saturated carbocycles. The van der Waals surface area contributed by atoms with Crippen molar-refractivity contribution < 1.29 is 9.53 Å². The first kappa shape index (κ1) is 12.5. The number of rotatable bonds is 6. The lowest BCUT2D eigenvalue weighted by atomic mass is 10.3. The molecule has 0 heterocycles. The first-order valence-electron chi connectivity index (χ1n) is 5.26. The molecule has 0 aliphatic rings. The second kappa shape index (κ2) is 6.85. The van der Waals surface area contributed by atoms with Crippen molar-refractivity contribution in [1.29, 1.82) is 0 Å². The van der Waals surface area contributed by atoms with Gasteiger partial charge >= 0.3 is 0 Å². The van der Waals surface area contributed by atoms with E-state index in [1.165, 1.54) is 0 Å². The van der Waals surface area contributed by atoms with Gasteiger partial charge in [-0.25, -0.2) is 0 Å². The van der Waals surface area contributed by atoms with Crippen LogP contribution in [0.25, 0.3) is 0 Å². The van der Waals surface area contributed by atoms with Crippen LogP contribution in [0.15, 0.2) is 30.3 Å². The Labute approximate surface area is 96.2 Å². The van der Waals surface area contributed by atoms with Crippen molar-refractivity contribution in [2.75, 3.05) is 39.2 Å². The molecule has 0 atom stereocenters. The van der Waals surface area contributed by atoms with Gasteiger partial charge in [-0.3, -0.25) is 4.79 Å². The quantitative estimate of drug-likeness (QED) is 0.786. The van der Waals surface area contributed by atoms with E-state index in [1.807, 2.05) is 30.3 Å². The molecule has 1 rings (SSSR count). The normalized spacial score (nSPS) is 9.88. The van der Waals surface area contributed by atoms with Gasteiger partial charge in [0, 0.05) is 26.4 Å². The second-order valence-electron chi connectivity index (χ2n) is 3.53. The van der Waals surface area contributed by atoms with Crippen LogP contribution < -0.4 is 5.32 Å². The Hall–Kier alpha value is -1.55. The van der Waals surface area contributed by atoms with Gasteiger partial charge in [0.2, 0.25) is 5.91 Å². The molecule has 88 valence electrons. The molecule has 1 amide bonds. The highest BCUT2D eigenvalue weighted by atomic mass is 16.5. The van der Waals surface area contributed by atoms with E-state index < -0.39 is 0 Å². The molecule has 0 spiro atoms. The lowest BCUT2D eigenvalue weighted by Crippen LogP contribution is -2.34. The van der Waals surface area contributed by atoms with Crippen LogP contribution in [0.4, 0.5) is 5.69 Å². The number of anilines is 1. The first-order valence-corrected chi connectivity index (χ1v) is 5.26. The smallest absolute Gasteiger partial charge is 0.241 e. The number of methoxy groups -OCH3 is 1. The first-order chi connectivity index (χ1) is 7.74. The maximum atomic E-state index is 11.6. The molecule has 0 aromatic heterocycles. The van der Waals surface area contributed by atoms with E-state index in [4.69, 9.17) is 4.74 Å². The van der Waals surface area contributed by atoms with E-state index in [2.05, 4.69) is 5.32 Å². The van der Waals surface area contributed by atoms with E-state index in [1.54, 1.807) is 19.1 Å². The zero-order chi connectivity index (χ0) is 11.8. The van der Waals surface area contributed by atoms with E-state index in [0.29, 0.717) is 19.7 Å². The Morgan fingerprint density at radius 1 is 1.38 bits per heavy atom. The fourth-order valence-electron chi connectivity index (χ4n) is 1.22. The van der Waals surface area contributed by atoms with Gasteiger partial charge in [-0.15, -0.1) is 0 Å². The Balaban J connectivity index is 2.29. The molecule has 0 unspecified atom stereocenters. The maximum Gasteiger partial charge on any atom is 0.241 e. The van der Waals surface area contributed by atoms with Gasteiger partial charge in [0.1, 0.15) is 0 Å². The lowest BCUT2D eigenvalue weighted by molar-refractivity contribution is -0.128. The number of nitrogens with zero attached hydrogens (tertiary/aromatic N) is 1. The number of likely N-dealkylation sites (N-methyl/N-ethyl adjacent to an activating group) is 1. The Morgan fingerprint density at radius 2 is 2.06 bits per heavy atom. The summed E-state index contributed by atoms with van der Waals surface area (Å²) in [6.45, 7) is 1.49. The zero-order valence-corrected chi connectivity index (χ0v) is 9.77. The van der Waals surface area contributed by atoms with E-state index in [9.17, 15) is 4.79 Å². The van der Waals surface area contributed by atoms with Gasteiger partial charge in [-0.05, 0) is 12.1 Å². The molecule has 4 nitrogen and oxygen atoms in total. The van der Waals surface area contributed by atoms with E-state index in [0.717, 1.165) is 5.69 Å². The van der Waals surface area contributed by atoms with Crippen molar-refractivity contribution in [3.8, 4) is 0 Å². The van der Waals surface area contributed by atoms with Gasteiger partial charge in [0.25, 0.3) is 0 Å². The number of hydrogen-bond donors (Lipinski definition) is 1. The van der Waals surface area contributed by atoms with Crippen LogP contribution >= 0.6 is 0 Å². The molecule has 1 aromatic carbocycles. The van der Waals surface area contributed by atoms with Gasteiger partial charge in [0.15, 0.2) is 0 Å². The Kier molecular flexibility index (Phi) is 5.36. The number of benzene rings is 1. The molecular weight excluding hydrogens is 204 g/mol. The van der Waals surface area contributed by atoms with Crippen molar-refractivity contribution in [3.63, 3.8) is 0 Å². The average Bonchev–Trinajstić information content (AvgIpc) is 2.34. The summed E-state index contributed by atoms with van der Waals surface area (Å²) in [5.74, 6) is 0.0564. The predicted molar refractivity (Wildman–Crippen MR) is 64.4 cm³/mol. The van der Waals surface area contributed by atoms with Crippen LogP contribution in [-0.2, 0) is 9.53 Å². The van der Waals surface area contributed by atoms with Gasteiger partial charge in [-0.1, -0.05) is 18.2 Å². The number of carbonyl (C=O) groups is 1. The standard InChI is InChI=1S/C12H18N2O2/c1-14(8-9-16-2)12(15)10-13-11-6-4-3-5-7-11/h3-7,13H,8-10H2,1-2H3. The third-order valence-corrected chi connectivity index (χ3v) is 2.27. The van der Waals surface area contributed by atoms with Gasteiger partial charge in [0.05, 0.1) is 13.2 Å². The minimum atomic E-state index is 0.0564. The molecule has 0 aliphatic carbocycles. The van der Waals surface area contributed by atoms with Crippen LogP contribution in [0.5, 0.6) is 0 Å². The van der Waals surface area contributed by atoms with Crippen LogP contribution in [0, 0.1) is 0 Å². The monoisotopic (exact) mass is 222 g/mol. The topological polar surface area (TPSA) is 41.6 Å². The second-order valence-corrected chi connectivity index (χ2v) is 3.53. The molecule has 16 heavy (non-hydrogen) atoms. The fraction of sp³-hybridized carbons (Fsp3) is 0.417. The van der Waals surface area contributed by atoms with Crippen molar-refractivity contribution in [2.45, 2.75) is 0 Å². The molecule has 4 heteroatoms. The van der Waals surface area contributed by atoms with Gasteiger partial charge < -0.3 is 15.0 Å². The minimum absolute atomic E-state index is 0.0564. The predicted octanol–water partition coefficient (Wildman–Crippen LogP) is 1.20. The SMILES string of the molecule is COCCN(C)C(=O)CNc1ccccc1. The Bertz CT molecular complexity index is 314. The molecule has 0 fully saturated rings. The summed E-state index contributed by atoms with van der Waals surface area (Å²) in [7, 11) is 3.40. The van der Waals surface area contributed by atoms with Crippen LogP contribution in [0.2, 0.25) is 0 Å². The number of amides is 1. The number of carbonyl (C=O) groups excluding carboxylic acids is 1. The zero-order valence-electron chi connectivity index (χ0n) is 9.77. The summed E-state index contributed by atoms with van der Waals surface area (Å²) in [6.07, 6.45) is 0. The van der Waals surface area contributed by atoms with Crippen molar-refractivity contribution in [2.24, 2.45) is 0 Å². The lowest BCUT2D eigenvalue weighted by Gasteiger charge is -2.17. The summed E-state index contributed by atoms with van der Waals surface area (Å²) in [6, 6.07) is 9.67. The van der Waals surface area contributed by atoms with Crippen LogP contribution in [-0.4, -0.2) is 44.7 Å². The maximum absolute atomic E-state index is 11.6. The number of hydrogen-bond acceptors (Lipinski definition) is 3. The molecular formula is C12H18N2O2. The number of para-hydroxylation sites is 1. The molecule has 0 bridgehead atoms. The van der Waals surface area contributed by atoms with Crippen LogP contribution in [0.1, 0.15) is 0 Å². The largest absolute Gasteiger partial charge is 0.383 e. The van der Waals surface area contributed by atoms with E-state index >= 15 is 0 Å². The average molecular weight is 222 g/mol. The molecule has 0 radical (unpaired) electrons. The number of ether oxygens (including phenoxy) is 1. The highest BCUT2D eigenvalue weighted by Crippen LogP contribution is 2.04. The summed E-state index contributed by atoms with van der Waals surface area (Å²) in [4.78, 5) is 13.3. The summed E-state index contributed by atoms with van der Waals surface area (Å²) in [5, 5.41) is 3.07. The van der Waals surface area contributed by atoms with E-state index in [-0.39, 0.29) is 5.91 Å². The number of nitrogens with one attached hydrogen (secondary N) is 1. The van der Waals surface area contributed by atoms with Crippen LogP contribution in [0.3, 0.4) is 0 Å². The summed E-state index contributed by atoms with van der Waals surface area (Å²) in [5.41, 5.74) is 0.955. The third kappa shape index (κ3) is 4.31. The molecule has 0 saturated heterocycles. The third-order valence-electron chi connectivity index (χ3n) is 2.27.